The van der Waals surface area contributed by atoms with E-state index in [2.05, 4.69) is 11.5 Å². The van der Waals surface area contributed by atoms with Gasteiger partial charge < -0.3 is 4.90 Å². The number of hydrogen-bond donors (Lipinski definition) is 0. The molecule has 1 saturated carbocycles. The zero-order valence-electron chi connectivity index (χ0n) is 18.6. The maximum atomic E-state index is 13.4. The van der Waals surface area contributed by atoms with E-state index in [1.54, 1.807) is 30.5 Å². The molecule has 1 unspecified atom stereocenters. The van der Waals surface area contributed by atoms with E-state index in [4.69, 9.17) is 0 Å². The summed E-state index contributed by atoms with van der Waals surface area (Å²) in [6.45, 7) is 7.09. The highest BCUT2D eigenvalue weighted by Gasteiger charge is 2.30. The number of carbonyl (C=O) groups excluding carboxylic acids is 1. The minimum absolute atomic E-state index is 0.0149. The maximum Gasteiger partial charge on any atom is 0.253 e. The fraction of sp³-hybridized carbons (Fsp3) is 0.400. The molecule has 6 nitrogen and oxygen atoms in total. The van der Waals surface area contributed by atoms with Crippen LogP contribution in [0.4, 0.5) is 0 Å². The molecule has 33 heavy (non-hydrogen) atoms. The topological polar surface area (TPSA) is 62.6 Å². The van der Waals surface area contributed by atoms with Crippen LogP contribution in [-0.2, 0) is 10.0 Å². The van der Waals surface area contributed by atoms with Crippen molar-refractivity contribution in [1.82, 2.24) is 13.8 Å². The van der Waals surface area contributed by atoms with Crippen LogP contribution in [0.3, 0.4) is 0 Å². The van der Waals surface area contributed by atoms with Crippen LogP contribution in [0.15, 0.2) is 60.6 Å². The molecule has 1 aliphatic heterocycles. The third-order valence-electron chi connectivity index (χ3n) is 6.98. The molecule has 2 aromatic heterocycles. The molecule has 0 bridgehead atoms. The van der Waals surface area contributed by atoms with Gasteiger partial charge in [-0.3, -0.25) is 9.69 Å². The predicted octanol–water partition coefficient (Wildman–Crippen LogP) is 4.51. The van der Waals surface area contributed by atoms with Crippen LogP contribution >= 0.6 is 11.3 Å². The second kappa shape index (κ2) is 9.08. The van der Waals surface area contributed by atoms with Crippen LogP contribution in [0, 0.1) is 0 Å². The van der Waals surface area contributed by atoms with Crippen molar-refractivity contribution >= 4 is 38.2 Å². The Kier molecular flexibility index (Phi) is 6.16. The van der Waals surface area contributed by atoms with Crippen LogP contribution in [-0.4, -0.2) is 60.3 Å². The van der Waals surface area contributed by atoms with Crippen LogP contribution in [0.25, 0.3) is 10.9 Å². The summed E-state index contributed by atoms with van der Waals surface area (Å²) in [5.74, 6) is 0.0149. The van der Waals surface area contributed by atoms with Gasteiger partial charge in [-0.1, -0.05) is 25.0 Å². The monoisotopic (exact) mass is 483 g/mol. The van der Waals surface area contributed by atoms with Gasteiger partial charge >= 0.3 is 0 Å². The highest BCUT2D eigenvalue weighted by Crippen LogP contribution is 2.32. The normalized spacial score (nSPS) is 19.2. The summed E-state index contributed by atoms with van der Waals surface area (Å²) in [6, 6.07) is 11.4. The first-order valence-electron chi connectivity index (χ1n) is 11.5. The van der Waals surface area contributed by atoms with Gasteiger partial charge in [-0.2, -0.15) is 0 Å². The third kappa shape index (κ3) is 4.16. The average molecular weight is 484 g/mol. The highest BCUT2D eigenvalue weighted by atomic mass is 32.2. The molecule has 174 valence electrons. The van der Waals surface area contributed by atoms with Crippen LogP contribution in [0.2, 0.25) is 0 Å². The van der Waals surface area contributed by atoms with E-state index in [-0.39, 0.29) is 5.91 Å². The molecule has 1 aromatic carbocycles. The average Bonchev–Trinajstić information content (AvgIpc) is 3.60. The summed E-state index contributed by atoms with van der Waals surface area (Å²) in [4.78, 5) is 18.3. The molecular weight excluding hydrogens is 454 g/mol. The Labute approximate surface area is 199 Å². The first-order valence-corrected chi connectivity index (χ1v) is 13.9. The standard InChI is InChI=1S/C25H29N3O3S2/c1-2-24(23-8-5-17-32-23)33(30,31)28-12-11-19-18-20(9-10-22(19)28)25(29)27-15-13-26(14-16-27)21-6-3-4-7-21/h2,5,8-12,17-18,21,24H,1,3-4,6-7,13-16H2. The zero-order chi connectivity index (χ0) is 23.0. The molecule has 2 aliphatic rings. The number of hydrogen-bond acceptors (Lipinski definition) is 5. The Hall–Kier alpha value is -2.42. The van der Waals surface area contributed by atoms with E-state index in [9.17, 15) is 13.2 Å². The Morgan fingerprint density at radius 2 is 1.85 bits per heavy atom. The van der Waals surface area contributed by atoms with Crippen molar-refractivity contribution in [2.75, 3.05) is 26.2 Å². The molecule has 8 heteroatoms. The van der Waals surface area contributed by atoms with Crippen molar-refractivity contribution < 1.29 is 13.2 Å². The SMILES string of the molecule is C=CC(c1cccs1)S(=O)(=O)n1ccc2cc(C(=O)N3CCN(C4CCCC4)CC3)ccc21. The number of carbonyl (C=O) groups is 1. The zero-order valence-corrected chi connectivity index (χ0v) is 20.2. The maximum absolute atomic E-state index is 13.4. The lowest BCUT2D eigenvalue weighted by Crippen LogP contribution is -2.51. The van der Waals surface area contributed by atoms with Gasteiger partial charge in [0.25, 0.3) is 15.9 Å². The van der Waals surface area contributed by atoms with Crippen LogP contribution in [0.5, 0.6) is 0 Å². The number of thiophene rings is 1. The molecular formula is C25H29N3O3S2. The third-order valence-corrected chi connectivity index (χ3v) is 10.0. The fourth-order valence-corrected chi connectivity index (χ4v) is 7.94. The highest BCUT2D eigenvalue weighted by molar-refractivity contribution is 7.90. The number of amides is 1. The van der Waals surface area contributed by atoms with Gasteiger partial charge in [0.1, 0.15) is 5.25 Å². The van der Waals surface area contributed by atoms with Gasteiger partial charge in [0.15, 0.2) is 0 Å². The van der Waals surface area contributed by atoms with Gasteiger partial charge in [-0.05, 0) is 48.6 Å². The Balaban J connectivity index is 1.35. The minimum Gasteiger partial charge on any atom is -0.336 e. The first-order chi connectivity index (χ1) is 16.0. The second-order valence-corrected chi connectivity index (χ2v) is 11.8. The fourth-order valence-electron chi connectivity index (χ4n) is 5.17. The second-order valence-electron chi connectivity index (χ2n) is 8.87. The molecule has 5 rings (SSSR count). The van der Waals surface area contributed by atoms with Crippen molar-refractivity contribution in [3.05, 3.63) is 71.1 Å². The molecule has 1 atom stereocenters. The van der Waals surface area contributed by atoms with Crippen molar-refractivity contribution in [3.8, 4) is 0 Å². The molecule has 2 fully saturated rings. The van der Waals surface area contributed by atoms with Crippen LogP contribution in [0.1, 0.15) is 46.2 Å². The summed E-state index contributed by atoms with van der Waals surface area (Å²) < 4.78 is 28.0. The molecule has 0 radical (unpaired) electrons. The Bertz CT molecular complexity index is 1250. The lowest BCUT2D eigenvalue weighted by Gasteiger charge is -2.38. The van der Waals surface area contributed by atoms with Gasteiger partial charge in [0.2, 0.25) is 0 Å². The van der Waals surface area contributed by atoms with E-state index < -0.39 is 15.3 Å². The summed E-state index contributed by atoms with van der Waals surface area (Å²) in [6.07, 6.45) is 8.24. The van der Waals surface area contributed by atoms with Gasteiger partial charge in [-0.25, -0.2) is 12.4 Å². The van der Waals surface area contributed by atoms with Gasteiger partial charge in [-0.15, -0.1) is 17.9 Å². The molecule has 3 aromatic rings. The predicted molar refractivity (Wildman–Crippen MR) is 133 cm³/mol. The largest absolute Gasteiger partial charge is 0.336 e. The van der Waals surface area contributed by atoms with Crippen molar-refractivity contribution in [2.45, 2.75) is 37.0 Å². The molecule has 0 spiro atoms. The molecule has 1 amide bonds. The Morgan fingerprint density at radius 3 is 2.52 bits per heavy atom. The number of fused-ring (bicyclic) bond motifs is 1. The smallest absolute Gasteiger partial charge is 0.253 e. The van der Waals surface area contributed by atoms with E-state index >= 15 is 0 Å². The molecule has 1 saturated heterocycles. The summed E-state index contributed by atoms with van der Waals surface area (Å²) in [5, 5.41) is 1.79. The van der Waals surface area contributed by atoms with Crippen molar-refractivity contribution in [2.24, 2.45) is 0 Å². The number of benzene rings is 1. The van der Waals surface area contributed by atoms with Crippen molar-refractivity contribution in [3.63, 3.8) is 0 Å². The minimum atomic E-state index is -3.72. The molecule has 0 N–H and O–H groups in total. The Morgan fingerprint density at radius 1 is 1.09 bits per heavy atom. The van der Waals surface area contributed by atoms with E-state index in [0.29, 0.717) is 17.1 Å². The lowest BCUT2D eigenvalue weighted by atomic mass is 10.1. The van der Waals surface area contributed by atoms with E-state index in [1.165, 1.54) is 47.1 Å². The molecule has 1 aliphatic carbocycles. The van der Waals surface area contributed by atoms with Crippen LogP contribution < -0.4 is 0 Å². The van der Waals surface area contributed by atoms with E-state index in [1.807, 2.05) is 22.4 Å². The lowest BCUT2D eigenvalue weighted by molar-refractivity contribution is 0.0573. The number of rotatable bonds is 6. The number of piperazine rings is 1. The number of nitrogens with zero attached hydrogens (tertiary/aromatic N) is 3. The summed E-state index contributed by atoms with van der Waals surface area (Å²) >= 11 is 1.40. The van der Waals surface area contributed by atoms with Crippen molar-refractivity contribution in [1.29, 1.82) is 0 Å². The summed E-state index contributed by atoms with van der Waals surface area (Å²) in [7, 11) is -3.72. The quantitative estimate of drug-likeness (QED) is 0.484. The van der Waals surface area contributed by atoms with E-state index in [0.717, 1.165) is 36.4 Å². The van der Waals surface area contributed by atoms with Gasteiger partial charge in [0.05, 0.1) is 5.52 Å². The molecule has 3 heterocycles. The summed E-state index contributed by atoms with van der Waals surface area (Å²) in [5.41, 5.74) is 1.17. The number of aromatic nitrogens is 1. The van der Waals surface area contributed by atoms with Gasteiger partial charge in [0, 0.05) is 54.2 Å². The first kappa shape index (κ1) is 22.4.